The number of hydrogen-bond donors (Lipinski definition) is 3. The van der Waals surface area contributed by atoms with E-state index in [-0.39, 0.29) is 5.91 Å². The first-order valence-corrected chi connectivity index (χ1v) is 7.78. The Balaban J connectivity index is 1.75. The normalized spacial score (nSPS) is 22.1. The average molecular weight is 296 g/mol. The molecule has 1 atom stereocenters. The van der Waals surface area contributed by atoms with Gasteiger partial charge in [-0.15, -0.1) is 0 Å². The van der Waals surface area contributed by atoms with Crippen LogP contribution in [-0.2, 0) is 14.4 Å². The molecule has 0 aromatic heterocycles. The fourth-order valence-electron chi connectivity index (χ4n) is 2.88. The van der Waals surface area contributed by atoms with Crippen molar-refractivity contribution >= 4 is 17.8 Å². The Bertz CT molecular complexity index is 425. The van der Waals surface area contributed by atoms with Crippen LogP contribution in [0.15, 0.2) is 0 Å². The van der Waals surface area contributed by atoms with Crippen LogP contribution in [-0.4, -0.2) is 34.5 Å². The number of carbonyl (C=O) groups excluding carboxylic acids is 2. The highest BCUT2D eigenvalue weighted by Gasteiger charge is 2.52. The molecular weight excluding hydrogens is 272 g/mol. The van der Waals surface area contributed by atoms with Gasteiger partial charge in [-0.3, -0.25) is 9.59 Å². The first-order chi connectivity index (χ1) is 9.93. The molecular formula is C15H24N2O4. The maximum Gasteiger partial charge on any atom is 0.329 e. The van der Waals surface area contributed by atoms with Gasteiger partial charge < -0.3 is 15.7 Å². The second-order valence-electron chi connectivity index (χ2n) is 6.37. The van der Waals surface area contributed by atoms with Gasteiger partial charge in [0.1, 0.15) is 11.6 Å². The highest BCUT2D eigenvalue weighted by molar-refractivity contribution is 5.93. The molecule has 118 valence electrons. The molecule has 0 bridgehead atoms. The Hall–Kier alpha value is -1.59. The summed E-state index contributed by atoms with van der Waals surface area (Å²) in [7, 11) is 0. The molecule has 3 N–H and O–H groups in total. The first kappa shape index (κ1) is 15.8. The minimum absolute atomic E-state index is 0.121. The van der Waals surface area contributed by atoms with Crippen LogP contribution >= 0.6 is 0 Å². The molecule has 6 nitrogen and oxygen atoms in total. The maximum absolute atomic E-state index is 11.9. The minimum Gasteiger partial charge on any atom is -0.480 e. The van der Waals surface area contributed by atoms with Gasteiger partial charge >= 0.3 is 5.97 Å². The van der Waals surface area contributed by atoms with Crippen molar-refractivity contribution in [3.63, 3.8) is 0 Å². The van der Waals surface area contributed by atoms with E-state index in [0.29, 0.717) is 25.2 Å². The number of rotatable bonds is 6. The van der Waals surface area contributed by atoms with E-state index in [9.17, 15) is 14.4 Å². The molecule has 2 aliphatic carbocycles. The van der Waals surface area contributed by atoms with Gasteiger partial charge in [0.2, 0.25) is 11.8 Å². The highest BCUT2D eigenvalue weighted by Crippen LogP contribution is 2.35. The molecule has 2 aliphatic rings. The molecule has 1 unspecified atom stereocenters. The average Bonchev–Trinajstić information content (AvgIpc) is 3.20. The van der Waals surface area contributed by atoms with Crippen molar-refractivity contribution in [2.75, 3.05) is 0 Å². The Kier molecular flexibility index (Phi) is 4.85. The van der Waals surface area contributed by atoms with Gasteiger partial charge in [0, 0.05) is 6.42 Å². The van der Waals surface area contributed by atoms with Crippen LogP contribution in [0.25, 0.3) is 0 Å². The summed E-state index contributed by atoms with van der Waals surface area (Å²) < 4.78 is 0. The first-order valence-electron chi connectivity index (χ1n) is 7.78. The number of carboxylic acids is 1. The SMILES string of the molecule is CC(NC(=O)CC1CCCCC1)C(=O)NC1(C(=O)O)CC1. The van der Waals surface area contributed by atoms with Gasteiger partial charge in [-0.05, 0) is 38.5 Å². The Morgan fingerprint density at radius 2 is 1.81 bits per heavy atom. The quantitative estimate of drug-likeness (QED) is 0.686. The zero-order chi connectivity index (χ0) is 15.5. The van der Waals surface area contributed by atoms with E-state index in [1.807, 2.05) is 0 Å². The smallest absolute Gasteiger partial charge is 0.329 e. The summed E-state index contributed by atoms with van der Waals surface area (Å²) in [4.78, 5) is 34.9. The summed E-state index contributed by atoms with van der Waals surface area (Å²) in [5.74, 6) is -1.13. The summed E-state index contributed by atoms with van der Waals surface area (Å²) in [6.07, 6.45) is 7.13. The minimum atomic E-state index is -1.10. The number of carboxylic acid groups (broad SMARTS) is 1. The van der Waals surface area contributed by atoms with Gasteiger partial charge in [-0.2, -0.15) is 0 Å². The van der Waals surface area contributed by atoms with E-state index in [2.05, 4.69) is 10.6 Å². The van der Waals surface area contributed by atoms with Gasteiger partial charge in [0.15, 0.2) is 0 Å². The fraction of sp³-hybridized carbons (Fsp3) is 0.800. The molecule has 0 aromatic rings. The summed E-state index contributed by atoms with van der Waals surface area (Å²) in [6.45, 7) is 1.59. The molecule has 2 rings (SSSR count). The molecule has 6 heteroatoms. The molecule has 2 saturated carbocycles. The zero-order valence-electron chi connectivity index (χ0n) is 12.5. The molecule has 21 heavy (non-hydrogen) atoms. The number of nitrogens with one attached hydrogen (secondary N) is 2. The standard InChI is InChI=1S/C15H24N2O4/c1-10(13(19)17-15(7-8-15)14(20)21)16-12(18)9-11-5-3-2-4-6-11/h10-11H,2-9H2,1H3,(H,16,18)(H,17,19)(H,20,21). The van der Waals surface area contributed by atoms with E-state index >= 15 is 0 Å². The third-order valence-corrected chi connectivity index (χ3v) is 4.49. The van der Waals surface area contributed by atoms with Crippen molar-refractivity contribution in [3.8, 4) is 0 Å². The lowest BCUT2D eigenvalue weighted by atomic mass is 9.87. The number of aliphatic carboxylic acids is 1. The van der Waals surface area contributed by atoms with Crippen molar-refractivity contribution in [1.82, 2.24) is 10.6 Å². The van der Waals surface area contributed by atoms with E-state index in [1.165, 1.54) is 19.3 Å². The number of amides is 2. The third-order valence-electron chi connectivity index (χ3n) is 4.49. The highest BCUT2D eigenvalue weighted by atomic mass is 16.4. The van der Waals surface area contributed by atoms with Crippen molar-refractivity contribution < 1.29 is 19.5 Å². The number of hydrogen-bond acceptors (Lipinski definition) is 3. The monoisotopic (exact) mass is 296 g/mol. The van der Waals surface area contributed by atoms with Gasteiger partial charge in [-0.1, -0.05) is 19.3 Å². The second kappa shape index (κ2) is 6.45. The van der Waals surface area contributed by atoms with Crippen LogP contribution in [0.3, 0.4) is 0 Å². The molecule has 0 spiro atoms. The predicted molar refractivity (Wildman–Crippen MR) is 76.5 cm³/mol. The van der Waals surface area contributed by atoms with Crippen LogP contribution in [0.5, 0.6) is 0 Å². The Morgan fingerprint density at radius 1 is 1.19 bits per heavy atom. The van der Waals surface area contributed by atoms with Crippen LogP contribution < -0.4 is 10.6 Å². The van der Waals surface area contributed by atoms with Crippen LogP contribution in [0.1, 0.15) is 58.3 Å². The van der Waals surface area contributed by atoms with Crippen LogP contribution in [0.4, 0.5) is 0 Å². The summed E-state index contributed by atoms with van der Waals surface area (Å²) in [5.41, 5.74) is -1.10. The zero-order valence-corrected chi connectivity index (χ0v) is 12.5. The summed E-state index contributed by atoms with van der Waals surface area (Å²) >= 11 is 0. The number of carbonyl (C=O) groups is 3. The second-order valence-corrected chi connectivity index (χ2v) is 6.37. The Labute approximate surface area is 124 Å². The van der Waals surface area contributed by atoms with E-state index in [0.717, 1.165) is 12.8 Å². The predicted octanol–water partition coefficient (Wildman–Crippen LogP) is 1.19. The van der Waals surface area contributed by atoms with E-state index < -0.39 is 23.5 Å². The largest absolute Gasteiger partial charge is 0.480 e. The third kappa shape index (κ3) is 4.19. The molecule has 0 radical (unpaired) electrons. The van der Waals surface area contributed by atoms with E-state index in [1.54, 1.807) is 6.92 Å². The lowest BCUT2D eigenvalue weighted by Gasteiger charge is -2.22. The molecule has 0 saturated heterocycles. The van der Waals surface area contributed by atoms with Crippen LogP contribution in [0, 0.1) is 5.92 Å². The van der Waals surface area contributed by atoms with Crippen molar-refractivity contribution in [3.05, 3.63) is 0 Å². The summed E-state index contributed by atoms with van der Waals surface area (Å²) in [6, 6.07) is -0.696. The van der Waals surface area contributed by atoms with Crippen molar-refractivity contribution in [2.24, 2.45) is 5.92 Å². The fourth-order valence-corrected chi connectivity index (χ4v) is 2.88. The lowest BCUT2D eigenvalue weighted by Crippen LogP contribution is -2.51. The molecule has 2 amide bonds. The van der Waals surface area contributed by atoms with Crippen molar-refractivity contribution in [1.29, 1.82) is 0 Å². The van der Waals surface area contributed by atoms with Crippen molar-refractivity contribution in [2.45, 2.75) is 69.9 Å². The van der Waals surface area contributed by atoms with Gasteiger partial charge in [-0.25, -0.2) is 4.79 Å². The lowest BCUT2D eigenvalue weighted by molar-refractivity contribution is -0.143. The molecule has 0 aliphatic heterocycles. The summed E-state index contributed by atoms with van der Waals surface area (Å²) in [5, 5.41) is 14.2. The Morgan fingerprint density at radius 3 is 2.33 bits per heavy atom. The van der Waals surface area contributed by atoms with Crippen LogP contribution in [0.2, 0.25) is 0 Å². The van der Waals surface area contributed by atoms with E-state index in [4.69, 9.17) is 5.11 Å². The van der Waals surface area contributed by atoms with Gasteiger partial charge in [0.25, 0.3) is 0 Å². The molecule has 2 fully saturated rings. The molecule has 0 heterocycles. The van der Waals surface area contributed by atoms with Gasteiger partial charge in [0.05, 0.1) is 0 Å². The maximum atomic E-state index is 11.9. The molecule has 0 aromatic carbocycles. The topological polar surface area (TPSA) is 95.5 Å².